The van der Waals surface area contributed by atoms with E-state index in [-0.39, 0.29) is 18.4 Å². The molecule has 0 saturated carbocycles. The van der Waals surface area contributed by atoms with Crippen molar-refractivity contribution < 1.29 is 9.59 Å². The summed E-state index contributed by atoms with van der Waals surface area (Å²) in [5.41, 5.74) is 3.02. The molecule has 0 aliphatic carbocycles. The zero-order chi connectivity index (χ0) is 19.4. The van der Waals surface area contributed by atoms with Gasteiger partial charge in [0.15, 0.2) is 0 Å². The average Bonchev–Trinajstić information content (AvgIpc) is 3.09. The normalized spacial score (nSPS) is 11.2. The van der Waals surface area contributed by atoms with E-state index >= 15 is 0 Å². The van der Waals surface area contributed by atoms with Crippen molar-refractivity contribution in [3.05, 3.63) is 42.5 Å². The van der Waals surface area contributed by atoms with Crippen LogP contribution < -0.4 is 16.0 Å². The first-order chi connectivity index (χ1) is 12.8. The van der Waals surface area contributed by atoms with E-state index in [4.69, 9.17) is 0 Å². The minimum absolute atomic E-state index is 0.0673. The first-order valence-electron chi connectivity index (χ1n) is 8.49. The van der Waals surface area contributed by atoms with Crippen LogP contribution in [0, 0.1) is 5.41 Å². The molecule has 0 saturated heterocycles. The molecule has 8 heteroatoms. The maximum Gasteiger partial charge on any atom is 0.243 e. The standard InChI is InChI=1S/C19H21N5O2S/c1-19(2,3)18(26)21-13-7-4-6-12(10-13)20-11-16(25)22-14-8-5-9-15-17(14)24-27-23-15/h4-10,20H,11H2,1-3H3,(H,21,26)(H,22,25). The number of carbonyl (C=O) groups excluding carboxylic acids is 2. The Morgan fingerprint density at radius 1 is 1.00 bits per heavy atom. The van der Waals surface area contributed by atoms with Gasteiger partial charge in [-0.1, -0.05) is 32.9 Å². The van der Waals surface area contributed by atoms with E-state index in [0.29, 0.717) is 16.9 Å². The number of hydrogen-bond donors (Lipinski definition) is 3. The zero-order valence-corrected chi connectivity index (χ0v) is 16.2. The molecule has 0 spiro atoms. The minimum atomic E-state index is -0.477. The van der Waals surface area contributed by atoms with Crippen molar-refractivity contribution in [2.45, 2.75) is 20.8 Å². The molecular formula is C19H21N5O2S. The number of fused-ring (bicyclic) bond motifs is 1. The van der Waals surface area contributed by atoms with Crippen molar-refractivity contribution in [2.75, 3.05) is 22.5 Å². The third-order valence-electron chi connectivity index (χ3n) is 3.81. The van der Waals surface area contributed by atoms with Gasteiger partial charge in [0.1, 0.15) is 11.0 Å². The lowest BCUT2D eigenvalue weighted by molar-refractivity contribution is -0.123. The summed E-state index contributed by atoms with van der Waals surface area (Å²) in [6.45, 7) is 5.65. The quantitative estimate of drug-likeness (QED) is 0.624. The third kappa shape index (κ3) is 4.79. The highest BCUT2D eigenvalue weighted by Crippen LogP contribution is 2.22. The molecule has 140 valence electrons. The van der Waals surface area contributed by atoms with Crippen LogP contribution in [-0.4, -0.2) is 27.1 Å². The van der Waals surface area contributed by atoms with E-state index < -0.39 is 5.41 Å². The Bertz CT molecular complexity index is 977. The first-order valence-corrected chi connectivity index (χ1v) is 9.22. The number of amides is 2. The van der Waals surface area contributed by atoms with Gasteiger partial charge >= 0.3 is 0 Å². The van der Waals surface area contributed by atoms with Gasteiger partial charge in [-0.2, -0.15) is 8.75 Å². The lowest BCUT2D eigenvalue weighted by Gasteiger charge is -2.18. The molecule has 0 atom stereocenters. The largest absolute Gasteiger partial charge is 0.376 e. The molecule has 0 unspecified atom stereocenters. The Kier molecular flexibility index (Phi) is 5.36. The fourth-order valence-corrected chi connectivity index (χ4v) is 2.86. The second-order valence-electron chi connectivity index (χ2n) is 7.12. The predicted molar refractivity (Wildman–Crippen MR) is 109 cm³/mol. The third-order valence-corrected chi connectivity index (χ3v) is 4.36. The molecule has 1 aromatic heterocycles. The lowest BCUT2D eigenvalue weighted by atomic mass is 9.95. The van der Waals surface area contributed by atoms with Crippen LogP contribution in [-0.2, 0) is 9.59 Å². The molecule has 27 heavy (non-hydrogen) atoms. The molecule has 0 fully saturated rings. The average molecular weight is 383 g/mol. The van der Waals surface area contributed by atoms with Gasteiger partial charge < -0.3 is 16.0 Å². The summed E-state index contributed by atoms with van der Waals surface area (Å²) in [6.07, 6.45) is 0. The second kappa shape index (κ2) is 7.71. The zero-order valence-electron chi connectivity index (χ0n) is 15.4. The number of benzene rings is 2. The van der Waals surface area contributed by atoms with E-state index in [2.05, 4.69) is 24.7 Å². The Labute approximate surface area is 161 Å². The van der Waals surface area contributed by atoms with E-state index in [1.165, 1.54) is 0 Å². The SMILES string of the molecule is CC(C)(C)C(=O)Nc1cccc(NCC(=O)Nc2cccc3nsnc23)c1. The van der Waals surface area contributed by atoms with Crippen molar-refractivity contribution in [1.29, 1.82) is 0 Å². The minimum Gasteiger partial charge on any atom is -0.376 e. The molecule has 0 aliphatic rings. The van der Waals surface area contributed by atoms with Crippen molar-refractivity contribution in [2.24, 2.45) is 5.41 Å². The monoisotopic (exact) mass is 383 g/mol. The van der Waals surface area contributed by atoms with Crippen LogP contribution in [0.25, 0.3) is 11.0 Å². The molecule has 3 rings (SSSR count). The molecule has 3 N–H and O–H groups in total. The van der Waals surface area contributed by atoms with Gasteiger partial charge in [0, 0.05) is 16.8 Å². The molecular weight excluding hydrogens is 362 g/mol. The summed E-state index contributed by atoms with van der Waals surface area (Å²) in [5.74, 6) is -0.262. The Morgan fingerprint density at radius 2 is 1.74 bits per heavy atom. The van der Waals surface area contributed by atoms with Crippen LogP contribution in [0.3, 0.4) is 0 Å². The van der Waals surface area contributed by atoms with Gasteiger partial charge in [0.05, 0.1) is 24.0 Å². The van der Waals surface area contributed by atoms with Gasteiger partial charge in [-0.15, -0.1) is 0 Å². The van der Waals surface area contributed by atoms with Crippen LogP contribution in [0.1, 0.15) is 20.8 Å². The highest BCUT2D eigenvalue weighted by Gasteiger charge is 2.21. The van der Waals surface area contributed by atoms with Crippen molar-refractivity contribution in [3.8, 4) is 0 Å². The summed E-state index contributed by atoms with van der Waals surface area (Å²) in [4.78, 5) is 24.4. The summed E-state index contributed by atoms with van der Waals surface area (Å²) >= 11 is 1.11. The Hall–Kier alpha value is -3.00. The predicted octanol–water partition coefficient (Wildman–Crippen LogP) is 3.73. The van der Waals surface area contributed by atoms with Crippen LogP contribution >= 0.6 is 11.7 Å². The smallest absolute Gasteiger partial charge is 0.243 e. The summed E-state index contributed by atoms with van der Waals surface area (Å²) in [6, 6.07) is 12.7. The van der Waals surface area contributed by atoms with Gasteiger partial charge in [0.2, 0.25) is 11.8 Å². The van der Waals surface area contributed by atoms with Crippen molar-refractivity contribution in [3.63, 3.8) is 0 Å². The second-order valence-corrected chi connectivity index (χ2v) is 7.65. The number of nitrogens with zero attached hydrogens (tertiary/aromatic N) is 2. The Balaban J connectivity index is 1.60. The van der Waals surface area contributed by atoms with Crippen LogP contribution in [0.15, 0.2) is 42.5 Å². The fourth-order valence-electron chi connectivity index (χ4n) is 2.31. The van der Waals surface area contributed by atoms with Gasteiger partial charge in [-0.3, -0.25) is 9.59 Å². The molecule has 0 aliphatic heterocycles. The van der Waals surface area contributed by atoms with Crippen molar-refractivity contribution >= 4 is 51.6 Å². The summed E-state index contributed by atoms with van der Waals surface area (Å²) in [5, 5.41) is 8.78. The molecule has 3 aromatic rings. The van der Waals surface area contributed by atoms with Crippen molar-refractivity contribution in [1.82, 2.24) is 8.75 Å². The van der Waals surface area contributed by atoms with E-state index in [1.807, 2.05) is 51.1 Å². The highest BCUT2D eigenvalue weighted by atomic mass is 32.1. The van der Waals surface area contributed by atoms with E-state index in [1.54, 1.807) is 12.1 Å². The van der Waals surface area contributed by atoms with Gasteiger partial charge in [-0.05, 0) is 30.3 Å². The number of aromatic nitrogens is 2. The Morgan fingerprint density at radius 3 is 2.52 bits per heavy atom. The van der Waals surface area contributed by atoms with Crippen LogP contribution in [0.2, 0.25) is 0 Å². The molecule has 2 aromatic carbocycles. The highest BCUT2D eigenvalue weighted by molar-refractivity contribution is 7.00. The van der Waals surface area contributed by atoms with Gasteiger partial charge in [0.25, 0.3) is 0 Å². The maximum absolute atomic E-state index is 12.3. The summed E-state index contributed by atoms with van der Waals surface area (Å²) < 4.78 is 8.36. The van der Waals surface area contributed by atoms with Gasteiger partial charge in [-0.25, -0.2) is 0 Å². The maximum atomic E-state index is 12.3. The molecule has 7 nitrogen and oxygen atoms in total. The summed E-state index contributed by atoms with van der Waals surface area (Å²) in [7, 11) is 0. The number of anilines is 3. The number of hydrogen-bond acceptors (Lipinski definition) is 6. The number of carbonyl (C=O) groups is 2. The topological polar surface area (TPSA) is 96.0 Å². The van der Waals surface area contributed by atoms with E-state index in [0.717, 1.165) is 22.9 Å². The van der Waals surface area contributed by atoms with Crippen LogP contribution in [0.5, 0.6) is 0 Å². The molecule has 2 amide bonds. The number of nitrogens with one attached hydrogen (secondary N) is 3. The fraction of sp³-hybridized carbons (Fsp3) is 0.263. The lowest BCUT2D eigenvalue weighted by Crippen LogP contribution is -2.27. The first kappa shape index (κ1) is 18.8. The number of rotatable bonds is 5. The molecule has 0 bridgehead atoms. The molecule has 1 heterocycles. The molecule has 0 radical (unpaired) electrons. The van der Waals surface area contributed by atoms with Crippen LogP contribution in [0.4, 0.5) is 17.1 Å². The van der Waals surface area contributed by atoms with E-state index in [9.17, 15) is 9.59 Å².